The molecule has 2 aromatic rings. The molecule has 0 fully saturated rings. The SMILES string of the molecule is CCC(N)c1ncc(-c2c(C)cc(C)cc2C)[nH]1. The number of rotatable bonds is 3. The summed E-state index contributed by atoms with van der Waals surface area (Å²) in [6.45, 7) is 8.45. The average molecular weight is 243 g/mol. The zero-order valence-corrected chi connectivity index (χ0v) is 11.5. The molecule has 0 spiro atoms. The summed E-state index contributed by atoms with van der Waals surface area (Å²) in [5.41, 5.74) is 12.1. The lowest BCUT2D eigenvalue weighted by Crippen LogP contribution is -2.10. The van der Waals surface area contributed by atoms with Crippen LogP contribution in [0.2, 0.25) is 0 Å². The summed E-state index contributed by atoms with van der Waals surface area (Å²) in [6.07, 6.45) is 2.77. The molecule has 1 aromatic carbocycles. The predicted octanol–water partition coefficient (Wildman–Crippen LogP) is 3.41. The van der Waals surface area contributed by atoms with E-state index >= 15 is 0 Å². The van der Waals surface area contributed by atoms with Gasteiger partial charge in [0, 0.05) is 5.56 Å². The van der Waals surface area contributed by atoms with Crippen LogP contribution in [0.5, 0.6) is 0 Å². The van der Waals surface area contributed by atoms with E-state index in [0.29, 0.717) is 0 Å². The second kappa shape index (κ2) is 4.94. The number of aromatic amines is 1. The molecule has 0 saturated carbocycles. The fraction of sp³-hybridized carbons (Fsp3) is 0.400. The maximum Gasteiger partial charge on any atom is 0.123 e. The predicted molar refractivity (Wildman–Crippen MR) is 75.5 cm³/mol. The summed E-state index contributed by atoms with van der Waals surface area (Å²) in [5.74, 6) is 0.867. The first-order valence-electron chi connectivity index (χ1n) is 6.41. The molecule has 0 aliphatic heterocycles. The van der Waals surface area contributed by atoms with Gasteiger partial charge in [0.05, 0.1) is 17.9 Å². The Hall–Kier alpha value is -1.61. The van der Waals surface area contributed by atoms with Crippen LogP contribution in [0, 0.1) is 20.8 Å². The van der Waals surface area contributed by atoms with Gasteiger partial charge >= 0.3 is 0 Å². The van der Waals surface area contributed by atoms with Crippen molar-refractivity contribution >= 4 is 0 Å². The number of nitrogens with zero attached hydrogens (tertiary/aromatic N) is 1. The minimum Gasteiger partial charge on any atom is -0.341 e. The van der Waals surface area contributed by atoms with E-state index < -0.39 is 0 Å². The van der Waals surface area contributed by atoms with E-state index in [1.165, 1.54) is 22.3 Å². The van der Waals surface area contributed by atoms with Gasteiger partial charge in [0.25, 0.3) is 0 Å². The van der Waals surface area contributed by atoms with Gasteiger partial charge in [0.15, 0.2) is 0 Å². The van der Waals surface area contributed by atoms with E-state index in [4.69, 9.17) is 5.73 Å². The Kier molecular flexibility index (Phi) is 3.53. The molecule has 0 saturated heterocycles. The highest BCUT2D eigenvalue weighted by Gasteiger charge is 2.12. The highest BCUT2D eigenvalue weighted by molar-refractivity contribution is 5.67. The number of imidazole rings is 1. The minimum atomic E-state index is -0.00943. The van der Waals surface area contributed by atoms with E-state index in [2.05, 4.69) is 49.8 Å². The fourth-order valence-corrected chi connectivity index (χ4v) is 2.45. The molecule has 0 amide bonds. The summed E-state index contributed by atoms with van der Waals surface area (Å²) < 4.78 is 0. The first-order chi connectivity index (χ1) is 8.52. The molecule has 1 atom stereocenters. The third kappa shape index (κ3) is 2.31. The Labute approximate surface area is 108 Å². The van der Waals surface area contributed by atoms with Crippen LogP contribution in [0.15, 0.2) is 18.3 Å². The van der Waals surface area contributed by atoms with Crippen molar-refractivity contribution in [3.63, 3.8) is 0 Å². The van der Waals surface area contributed by atoms with Crippen LogP contribution in [-0.2, 0) is 0 Å². The lowest BCUT2D eigenvalue weighted by Gasteiger charge is -2.10. The average Bonchev–Trinajstić information content (AvgIpc) is 2.76. The van der Waals surface area contributed by atoms with Gasteiger partial charge in [-0.15, -0.1) is 0 Å². The van der Waals surface area contributed by atoms with Gasteiger partial charge in [-0.25, -0.2) is 4.98 Å². The molecule has 0 aliphatic carbocycles. The molecule has 0 bridgehead atoms. The summed E-state index contributed by atoms with van der Waals surface area (Å²) in [7, 11) is 0. The smallest absolute Gasteiger partial charge is 0.123 e. The molecule has 1 heterocycles. The van der Waals surface area contributed by atoms with E-state index in [0.717, 1.165) is 17.9 Å². The molecule has 1 aromatic heterocycles. The fourth-order valence-electron chi connectivity index (χ4n) is 2.45. The van der Waals surface area contributed by atoms with Crippen LogP contribution < -0.4 is 5.73 Å². The Morgan fingerprint density at radius 2 is 1.83 bits per heavy atom. The molecule has 0 aliphatic rings. The maximum atomic E-state index is 5.99. The number of aryl methyl sites for hydroxylation is 3. The van der Waals surface area contributed by atoms with Crippen LogP contribution >= 0.6 is 0 Å². The molecule has 1 unspecified atom stereocenters. The van der Waals surface area contributed by atoms with Crippen molar-refractivity contribution < 1.29 is 0 Å². The van der Waals surface area contributed by atoms with Gasteiger partial charge in [-0.2, -0.15) is 0 Å². The number of nitrogens with one attached hydrogen (secondary N) is 1. The van der Waals surface area contributed by atoms with Crippen molar-refractivity contribution in [1.29, 1.82) is 0 Å². The summed E-state index contributed by atoms with van der Waals surface area (Å²) >= 11 is 0. The summed E-state index contributed by atoms with van der Waals surface area (Å²) in [6, 6.07) is 4.38. The standard InChI is InChI=1S/C15H21N3/c1-5-12(16)15-17-8-13(18-15)14-10(3)6-9(2)7-11(14)4/h6-8,12H,5,16H2,1-4H3,(H,17,18). The van der Waals surface area contributed by atoms with Gasteiger partial charge in [0.2, 0.25) is 0 Å². The van der Waals surface area contributed by atoms with Gasteiger partial charge in [-0.1, -0.05) is 24.6 Å². The molecule has 3 heteroatoms. The molecular weight excluding hydrogens is 222 g/mol. The molecule has 96 valence electrons. The molecule has 0 radical (unpaired) electrons. The van der Waals surface area contributed by atoms with Gasteiger partial charge in [0.1, 0.15) is 5.82 Å². The number of aromatic nitrogens is 2. The third-order valence-electron chi connectivity index (χ3n) is 3.33. The van der Waals surface area contributed by atoms with Gasteiger partial charge in [-0.05, 0) is 38.3 Å². The lowest BCUT2D eigenvalue weighted by atomic mass is 9.98. The molecule has 18 heavy (non-hydrogen) atoms. The quantitative estimate of drug-likeness (QED) is 0.868. The van der Waals surface area contributed by atoms with Gasteiger partial charge in [-0.3, -0.25) is 0 Å². The first kappa shape index (κ1) is 12.8. The van der Waals surface area contributed by atoms with E-state index in [9.17, 15) is 0 Å². The second-order valence-electron chi connectivity index (χ2n) is 4.97. The minimum absolute atomic E-state index is 0.00943. The van der Waals surface area contributed by atoms with Crippen molar-refractivity contribution in [1.82, 2.24) is 9.97 Å². The van der Waals surface area contributed by atoms with Crippen LogP contribution in [0.4, 0.5) is 0 Å². The Morgan fingerprint density at radius 3 is 2.39 bits per heavy atom. The Bertz CT molecular complexity index is 532. The molecular formula is C15H21N3. The molecule has 3 N–H and O–H groups in total. The summed E-state index contributed by atoms with van der Waals surface area (Å²) in [5, 5.41) is 0. The van der Waals surface area contributed by atoms with E-state index in [1.54, 1.807) is 0 Å². The number of benzene rings is 1. The normalized spacial score (nSPS) is 12.7. The number of nitrogens with two attached hydrogens (primary N) is 1. The molecule has 2 rings (SSSR count). The first-order valence-corrected chi connectivity index (χ1v) is 6.41. The van der Waals surface area contributed by atoms with E-state index in [1.807, 2.05) is 6.20 Å². The second-order valence-corrected chi connectivity index (χ2v) is 4.97. The zero-order valence-electron chi connectivity index (χ0n) is 11.5. The zero-order chi connectivity index (χ0) is 13.3. The third-order valence-corrected chi connectivity index (χ3v) is 3.33. The Balaban J connectivity index is 2.46. The highest BCUT2D eigenvalue weighted by Crippen LogP contribution is 2.27. The van der Waals surface area contributed by atoms with Crippen molar-refractivity contribution in [3.05, 3.63) is 40.8 Å². The lowest BCUT2D eigenvalue weighted by molar-refractivity contribution is 0.658. The van der Waals surface area contributed by atoms with Crippen LogP contribution in [0.25, 0.3) is 11.3 Å². The van der Waals surface area contributed by atoms with Gasteiger partial charge < -0.3 is 10.7 Å². The summed E-state index contributed by atoms with van der Waals surface area (Å²) in [4.78, 5) is 7.73. The van der Waals surface area contributed by atoms with Crippen LogP contribution in [-0.4, -0.2) is 9.97 Å². The largest absolute Gasteiger partial charge is 0.341 e. The van der Waals surface area contributed by atoms with Crippen LogP contribution in [0.3, 0.4) is 0 Å². The van der Waals surface area contributed by atoms with Crippen LogP contribution in [0.1, 0.15) is 41.9 Å². The Morgan fingerprint density at radius 1 is 1.22 bits per heavy atom. The monoisotopic (exact) mass is 243 g/mol. The maximum absolute atomic E-state index is 5.99. The van der Waals surface area contributed by atoms with E-state index in [-0.39, 0.29) is 6.04 Å². The number of H-pyrrole nitrogens is 1. The van der Waals surface area contributed by atoms with Crippen molar-refractivity contribution in [2.45, 2.75) is 40.2 Å². The number of hydrogen-bond donors (Lipinski definition) is 2. The topological polar surface area (TPSA) is 54.7 Å². The highest BCUT2D eigenvalue weighted by atomic mass is 15.0. The van der Waals surface area contributed by atoms with Crippen molar-refractivity contribution in [2.24, 2.45) is 5.73 Å². The van der Waals surface area contributed by atoms with Crippen molar-refractivity contribution in [3.8, 4) is 11.3 Å². The molecule has 3 nitrogen and oxygen atoms in total. The van der Waals surface area contributed by atoms with Crippen molar-refractivity contribution in [2.75, 3.05) is 0 Å². The number of hydrogen-bond acceptors (Lipinski definition) is 2.